The summed E-state index contributed by atoms with van der Waals surface area (Å²) < 4.78 is 10.2. The summed E-state index contributed by atoms with van der Waals surface area (Å²) in [6.07, 6.45) is 0. The van der Waals surface area contributed by atoms with Crippen molar-refractivity contribution in [2.75, 3.05) is 12.6 Å². The van der Waals surface area contributed by atoms with Crippen LogP contribution in [0.15, 0.2) is 36.4 Å². The molecule has 0 aliphatic carbocycles. The average Bonchev–Trinajstić information content (AvgIpc) is 2.49. The molecule has 0 aromatic heterocycles. The molecule has 0 atom stereocenters. The van der Waals surface area contributed by atoms with Crippen molar-refractivity contribution < 1.29 is 19.5 Å². The van der Waals surface area contributed by atoms with Crippen molar-refractivity contribution in [3.8, 4) is 11.5 Å². The van der Waals surface area contributed by atoms with Crippen LogP contribution in [0.4, 0.5) is 5.69 Å². The Bertz CT molecular complexity index is 676. The van der Waals surface area contributed by atoms with Gasteiger partial charge in [-0.05, 0) is 36.4 Å². The molecule has 2 rings (SSSR count). The highest BCUT2D eigenvalue weighted by atomic mass is 35.5. The number of ether oxygens (including phenoxy) is 2. The fourth-order valence-electron chi connectivity index (χ4n) is 1.65. The van der Waals surface area contributed by atoms with E-state index in [1.165, 1.54) is 19.2 Å². The Morgan fingerprint density at radius 2 is 1.95 bits per heavy atom. The SMILES string of the molecule is COC(=O)c1cc(Oc2ccc(Cl)cc2Cl)ccc1NO. The van der Waals surface area contributed by atoms with Gasteiger partial charge < -0.3 is 9.47 Å². The zero-order chi connectivity index (χ0) is 15.4. The predicted molar refractivity (Wildman–Crippen MR) is 79.7 cm³/mol. The number of hydrogen-bond acceptors (Lipinski definition) is 5. The molecule has 0 amide bonds. The first-order chi connectivity index (χ1) is 10.0. The van der Waals surface area contributed by atoms with E-state index in [-0.39, 0.29) is 11.3 Å². The number of benzene rings is 2. The van der Waals surface area contributed by atoms with E-state index in [1.54, 1.807) is 24.3 Å². The molecule has 0 bridgehead atoms. The second-order valence-corrected chi connectivity index (χ2v) is 4.83. The molecule has 0 saturated heterocycles. The van der Waals surface area contributed by atoms with Gasteiger partial charge in [-0.15, -0.1) is 0 Å². The highest BCUT2D eigenvalue weighted by Gasteiger charge is 2.14. The van der Waals surface area contributed by atoms with Gasteiger partial charge >= 0.3 is 5.97 Å². The lowest BCUT2D eigenvalue weighted by Crippen LogP contribution is -2.06. The zero-order valence-corrected chi connectivity index (χ0v) is 12.4. The Morgan fingerprint density at radius 1 is 1.19 bits per heavy atom. The highest BCUT2D eigenvalue weighted by Crippen LogP contribution is 2.33. The minimum Gasteiger partial charge on any atom is -0.465 e. The summed E-state index contributed by atoms with van der Waals surface area (Å²) >= 11 is 11.8. The Kier molecular flexibility index (Phi) is 4.90. The number of carbonyl (C=O) groups is 1. The number of halogens is 2. The van der Waals surface area contributed by atoms with Crippen LogP contribution in [0.25, 0.3) is 0 Å². The van der Waals surface area contributed by atoms with E-state index in [9.17, 15) is 4.79 Å². The fourth-order valence-corrected chi connectivity index (χ4v) is 2.10. The maximum Gasteiger partial charge on any atom is 0.340 e. The van der Waals surface area contributed by atoms with Gasteiger partial charge in [-0.3, -0.25) is 10.7 Å². The van der Waals surface area contributed by atoms with Crippen LogP contribution in [0.3, 0.4) is 0 Å². The molecular weight excluding hydrogens is 317 g/mol. The Balaban J connectivity index is 2.34. The molecule has 2 aromatic rings. The summed E-state index contributed by atoms with van der Waals surface area (Å²) in [6, 6.07) is 9.26. The first-order valence-corrected chi connectivity index (χ1v) is 6.56. The van der Waals surface area contributed by atoms with Gasteiger partial charge in [0.15, 0.2) is 0 Å². The van der Waals surface area contributed by atoms with Crippen LogP contribution in [0.1, 0.15) is 10.4 Å². The molecule has 0 spiro atoms. The quantitative estimate of drug-likeness (QED) is 0.644. The third kappa shape index (κ3) is 3.58. The predicted octanol–water partition coefficient (Wildman–Crippen LogP) is 4.37. The maximum atomic E-state index is 11.6. The normalized spacial score (nSPS) is 10.1. The monoisotopic (exact) mass is 327 g/mol. The van der Waals surface area contributed by atoms with Gasteiger partial charge in [-0.25, -0.2) is 4.79 Å². The van der Waals surface area contributed by atoms with Gasteiger partial charge in [-0.2, -0.15) is 0 Å². The molecule has 0 aliphatic heterocycles. The van der Waals surface area contributed by atoms with E-state index in [2.05, 4.69) is 4.74 Å². The van der Waals surface area contributed by atoms with Crippen LogP contribution in [-0.4, -0.2) is 18.3 Å². The number of carbonyl (C=O) groups excluding carboxylic acids is 1. The van der Waals surface area contributed by atoms with Crippen LogP contribution < -0.4 is 10.2 Å². The van der Waals surface area contributed by atoms with Gasteiger partial charge in [0, 0.05) is 5.02 Å². The second kappa shape index (κ2) is 6.67. The number of rotatable bonds is 4. The lowest BCUT2D eigenvalue weighted by Gasteiger charge is -2.11. The Labute approximate surface area is 131 Å². The number of nitrogens with one attached hydrogen (secondary N) is 1. The fraction of sp³-hybridized carbons (Fsp3) is 0.0714. The Morgan fingerprint density at radius 3 is 2.57 bits per heavy atom. The molecule has 0 fully saturated rings. The van der Waals surface area contributed by atoms with Crippen molar-refractivity contribution in [1.29, 1.82) is 0 Å². The highest BCUT2D eigenvalue weighted by molar-refractivity contribution is 6.35. The number of anilines is 1. The van der Waals surface area contributed by atoms with Gasteiger partial charge in [0.25, 0.3) is 0 Å². The lowest BCUT2D eigenvalue weighted by molar-refractivity contribution is 0.0600. The van der Waals surface area contributed by atoms with Crippen molar-refractivity contribution in [3.05, 3.63) is 52.0 Å². The third-order valence-electron chi connectivity index (χ3n) is 2.64. The summed E-state index contributed by atoms with van der Waals surface area (Å²) in [5.41, 5.74) is 2.25. The molecule has 0 saturated carbocycles. The van der Waals surface area contributed by atoms with Crippen molar-refractivity contribution in [3.63, 3.8) is 0 Å². The van der Waals surface area contributed by atoms with Crippen molar-refractivity contribution in [1.82, 2.24) is 0 Å². The van der Waals surface area contributed by atoms with Crippen LogP contribution in [0.5, 0.6) is 11.5 Å². The smallest absolute Gasteiger partial charge is 0.340 e. The lowest BCUT2D eigenvalue weighted by atomic mass is 10.1. The molecule has 110 valence electrons. The molecule has 2 N–H and O–H groups in total. The Hall–Kier alpha value is -1.95. The third-order valence-corrected chi connectivity index (χ3v) is 3.17. The molecule has 21 heavy (non-hydrogen) atoms. The van der Waals surface area contributed by atoms with E-state index in [1.807, 2.05) is 5.48 Å². The second-order valence-electron chi connectivity index (χ2n) is 3.99. The number of methoxy groups -OCH3 is 1. The summed E-state index contributed by atoms with van der Waals surface area (Å²) in [4.78, 5) is 11.6. The van der Waals surface area contributed by atoms with Crippen LogP contribution in [0.2, 0.25) is 10.0 Å². The van der Waals surface area contributed by atoms with Gasteiger partial charge in [0.05, 0.1) is 23.4 Å². The standard InChI is InChI=1S/C14H11Cl2NO4/c1-20-14(18)10-7-9(3-4-12(10)17-19)21-13-5-2-8(15)6-11(13)16/h2-7,17,19H,1H3. The van der Waals surface area contributed by atoms with E-state index < -0.39 is 5.97 Å². The minimum atomic E-state index is -0.612. The van der Waals surface area contributed by atoms with Crippen LogP contribution in [-0.2, 0) is 4.74 Å². The molecule has 2 aromatic carbocycles. The molecule has 0 heterocycles. The summed E-state index contributed by atoms with van der Waals surface area (Å²) in [5.74, 6) is 0.138. The summed E-state index contributed by atoms with van der Waals surface area (Å²) in [7, 11) is 1.24. The molecule has 5 nitrogen and oxygen atoms in total. The van der Waals surface area contributed by atoms with Gasteiger partial charge in [0.2, 0.25) is 0 Å². The topological polar surface area (TPSA) is 67.8 Å². The van der Waals surface area contributed by atoms with E-state index in [0.717, 1.165) is 0 Å². The van der Waals surface area contributed by atoms with E-state index in [0.29, 0.717) is 21.5 Å². The average molecular weight is 328 g/mol. The molecular formula is C14H11Cl2NO4. The summed E-state index contributed by atoms with van der Waals surface area (Å²) in [5, 5.41) is 9.81. The molecule has 7 heteroatoms. The number of hydrogen-bond donors (Lipinski definition) is 2. The first kappa shape index (κ1) is 15.4. The van der Waals surface area contributed by atoms with E-state index in [4.69, 9.17) is 33.1 Å². The first-order valence-electron chi connectivity index (χ1n) is 5.80. The molecule has 0 radical (unpaired) electrons. The molecule has 0 aliphatic rings. The van der Waals surface area contributed by atoms with Crippen LogP contribution in [0, 0.1) is 0 Å². The minimum absolute atomic E-state index is 0.127. The largest absolute Gasteiger partial charge is 0.465 e. The van der Waals surface area contributed by atoms with Gasteiger partial charge in [0.1, 0.15) is 11.5 Å². The van der Waals surface area contributed by atoms with Crippen LogP contribution >= 0.6 is 23.2 Å². The summed E-state index contributed by atoms with van der Waals surface area (Å²) in [6.45, 7) is 0. The van der Waals surface area contributed by atoms with E-state index >= 15 is 0 Å². The maximum absolute atomic E-state index is 11.6. The van der Waals surface area contributed by atoms with Crippen molar-refractivity contribution in [2.24, 2.45) is 0 Å². The zero-order valence-electron chi connectivity index (χ0n) is 10.9. The van der Waals surface area contributed by atoms with Gasteiger partial charge in [-0.1, -0.05) is 23.2 Å². The molecule has 0 unspecified atom stereocenters. The van der Waals surface area contributed by atoms with Crippen molar-refractivity contribution >= 4 is 34.9 Å². The van der Waals surface area contributed by atoms with Crippen molar-refractivity contribution in [2.45, 2.75) is 0 Å². The number of esters is 1.